The molecule has 1 N–H and O–H groups in total. The van der Waals surface area contributed by atoms with Gasteiger partial charge in [0.1, 0.15) is 6.04 Å². The van der Waals surface area contributed by atoms with Crippen LogP contribution in [0.25, 0.3) is 0 Å². The molecule has 1 fully saturated rings. The van der Waals surface area contributed by atoms with Crippen LogP contribution in [0, 0.1) is 0 Å². The zero-order valence-corrected chi connectivity index (χ0v) is 10.9. The third-order valence-corrected chi connectivity index (χ3v) is 3.31. The van der Waals surface area contributed by atoms with Crippen LogP contribution in [0.4, 0.5) is 0 Å². The molecule has 0 bridgehead atoms. The monoisotopic (exact) mass is 266 g/mol. The topological polar surface area (TPSA) is 88.3 Å². The van der Waals surface area contributed by atoms with Gasteiger partial charge in [-0.2, -0.15) is 0 Å². The Morgan fingerprint density at radius 2 is 2.05 bits per heavy atom. The van der Waals surface area contributed by atoms with Crippen LogP contribution in [0.5, 0.6) is 0 Å². The second kappa shape index (κ2) is 5.81. The van der Waals surface area contributed by atoms with Crippen molar-refractivity contribution in [3.05, 3.63) is 11.9 Å². The van der Waals surface area contributed by atoms with Gasteiger partial charge in [-0.3, -0.25) is 9.59 Å². The first-order valence-electron chi connectivity index (χ1n) is 6.49. The van der Waals surface area contributed by atoms with Gasteiger partial charge in [-0.15, -0.1) is 5.10 Å². The third-order valence-electron chi connectivity index (χ3n) is 3.31. The summed E-state index contributed by atoms with van der Waals surface area (Å²) in [5.41, 5.74) is 0.366. The van der Waals surface area contributed by atoms with E-state index in [1.54, 1.807) is 6.92 Å². The Hall–Kier alpha value is -1.92. The summed E-state index contributed by atoms with van der Waals surface area (Å²) in [6, 6.07) is -0.437. The van der Waals surface area contributed by atoms with E-state index in [0.29, 0.717) is 5.69 Å². The summed E-state index contributed by atoms with van der Waals surface area (Å²) < 4.78 is 1.44. The number of rotatable bonds is 4. The highest BCUT2D eigenvalue weighted by Gasteiger charge is 2.24. The van der Waals surface area contributed by atoms with E-state index >= 15 is 0 Å². The van der Waals surface area contributed by atoms with Crippen molar-refractivity contribution in [3.8, 4) is 0 Å². The second-order valence-electron chi connectivity index (χ2n) is 4.82. The first-order valence-corrected chi connectivity index (χ1v) is 6.49. The fraction of sp³-hybridized carbons (Fsp3) is 0.667. The maximum Gasteiger partial charge on any atom is 0.309 e. The van der Waals surface area contributed by atoms with E-state index in [1.165, 1.54) is 17.3 Å². The highest BCUT2D eigenvalue weighted by atomic mass is 16.4. The van der Waals surface area contributed by atoms with E-state index in [1.807, 2.05) is 4.90 Å². The van der Waals surface area contributed by atoms with Crippen LogP contribution >= 0.6 is 0 Å². The molecule has 0 spiro atoms. The van der Waals surface area contributed by atoms with Gasteiger partial charge in [-0.25, -0.2) is 4.68 Å². The molecular formula is C12H18N4O3. The molecule has 2 rings (SSSR count). The SMILES string of the molecule is CC(C(=O)N1CCCCC1)n1cc(CC(=O)O)nn1. The van der Waals surface area contributed by atoms with Crippen LogP contribution in [0.3, 0.4) is 0 Å². The molecule has 1 aromatic rings. The number of amides is 1. The number of likely N-dealkylation sites (tertiary alicyclic amines) is 1. The maximum atomic E-state index is 12.3. The number of carboxylic acids is 1. The average Bonchev–Trinajstić information content (AvgIpc) is 2.85. The van der Waals surface area contributed by atoms with Crippen LogP contribution in [0.15, 0.2) is 6.20 Å². The lowest BCUT2D eigenvalue weighted by Gasteiger charge is -2.29. The molecule has 1 unspecified atom stereocenters. The molecule has 1 aromatic heterocycles. The predicted octanol–water partition coefficient (Wildman–Crippen LogP) is 0.479. The number of hydrogen-bond acceptors (Lipinski definition) is 4. The van der Waals surface area contributed by atoms with Crippen molar-refractivity contribution in [1.82, 2.24) is 19.9 Å². The molecule has 7 heteroatoms. The zero-order chi connectivity index (χ0) is 13.8. The van der Waals surface area contributed by atoms with Crippen LogP contribution in [-0.2, 0) is 16.0 Å². The standard InChI is InChI=1S/C12H18N4O3/c1-9(12(19)15-5-3-2-4-6-15)16-8-10(13-14-16)7-11(17)18/h8-9H,2-7H2,1H3,(H,17,18). The molecule has 1 aliphatic heterocycles. The summed E-state index contributed by atoms with van der Waals surface area (Å²) in [7, 11) is 0. The van der Waals surface area contributed by atoms with Crippen LogP contribution in [0.1, 0.15) is 37.9 Å². The molecule has 2 heterocycles. The van der Waals surface area contributed by atoms with Gasteiger partial charge >= 0.3 is 5.97 Å². The number of carboxylic acid groups (broad SMARTS) is 1. The third kappa shape index (κ3) is 3.30. The van der Waals surface area contributed by atoms with E-state index < -0.39 is 12.0 Å². The normalized spacial score (nSPS) is 17.2. The fourth-order valence-electron chi connectivity index (χ4n) is 2.23. The lowest BCUT2D eigenvalue weighted by atomic mass is 10.1. The Bertz CT molecular complexity index is 465. The van der Waals surface area contributed by atoms with E-state index in [2.05, 4.69) is 10.3 Å². The molecule has 0 saturated carbocycles. The van der Waals surface area contributed by atoms with Gasteiger partial charge in [0, 0.05) is 19.3 Å². The van der Waals surface area contributed by atoms with Crippen LogP contribution < -0.4 is 0 Å². The molecule has 1 amide bonds. The summed E-state index contributed by atoms with van der Waals surface area (Å²) in [4.78, 5) is 24.7. The number of aliphatic carboxylic acids is 1. The number of piperidine rings is 1. The van der Waals surface area contributed by atoms with Crippen molar-refractivity contribution in [2.75, 3.05) is 13.1 Å². The Morgan fingerprint density at radius 1 is 1.37 bits per heavy atom. The van der Waals surface area contributed by atoms with Crippen molar-refractivity contribution >= 4 is 11.9 Å². The maximum absolute atomic E-state index is 12.3. The number of hydrogen-bond donors (Lipinski definition) is 1. The van der Waals surface area contributed by atoms with Gasteiger partial charge < -0.3 is 10.0 Å². The summed E-state index contributed by atoms with van der Waals surface area (Å²) >= 11 is 0. The van der Waals surface area contributed by atoms with Crippen LogP contribution in [-0.4, -0.2) is 50.0 Å². The lowest BCUT2D eigenvalue weighted by molar-refractivity contribution is -0.136. The molecule has 7 nitrogen and oxygen atoms in total. The van der Waals surface area contributed by atoms with Gasteiger partial charge in [-0.05, 0) is 26.2 Å². The minimum Gasteiger partial charge on any atom is -0.481 e. The highest BCUT2D eigenvalue weighted by molar-refractivity contribution is 5.80. The molecular weight excluding hydrogens is 248 g/mol. The van der Waals surface area contributed by atoms with Gasteiger partial charge in [-0.1, -0.05) is 5.21 Å². The number of carbonyl (C=O) groups excluding carboxylic acids is 1. The Kier molecular flexibility index (Phi) is 4.13. The lowest BCUT2D eigenvalue weighted by Crippen LogP contribution is -2.39. The smallest absolute Gasteiger partial charge is 0.309 e. The molecule has 1 aliphatic rings. The summed E-state index contributed by atoms with van der Waals surface area (Å²) in [5.74, 6) is -0.937. The molecule has 19 heavy (non-hydrogen) atoms. The zero-order valence-electron chi connectivity index (χ0n) is 10.9. The van der Waals surface area contributed by atoms with E-state index in [9.17, 15) is 9.59 Å². The number of nitrogens with zero attached hydrogens (tertiary/aromatic N) is 4. The Morgan fingerprint density at radius 3 is 2.68 bits per heavy atom. The Balaban J connectivity index is 2.01. The minimum atomic E-state index is -0.956. The number of aromatic nitrogens is 3. The number of carbonyl (C=O) groups is 2. The first-order chi connectivity index (χ1) is 9.08. The Labute approximate surface area is 111 Å². The first kappa shape index (κ1) is 13.5. The quantitative estimate of drug-likeness (QED) is 0.856. The van der Waals surface area contributed by atoms with Crippen molar-refractivity contribution in [3.63, 3.8) is 0 Å². The van der Waals surface area contributed by atoms with Gasteiger partial charge in [0.05, 0.1) is 12.1 Å². The summed E-state index contributed by atoms with van der Waals surface area (Å²) in [6.07, 6.45) is 4.61. The average molecular weight is 266 g/mol. The van der Waals surface area contributed by atoms with Crippen LogP contribution in [0.2, 0.25) is 0 Å². The molecule has 1 atom stereocenters. The van der Waals surface area contributed by atoms with Gasteiger partial charge in [0.15, 0.2) is 0 Å². The van der Waals surface area contributed by atoms with E-state index in [0.717, 1.165) is 25.9 Å². The largest absolute Gasteiger partial charge is 0.481 e. The van der Waals surface area contributed by atoms with E-state index in [-0.39, 0.29) is 12.3 Å². The van der Waals surface area contributed by atoms with Crippen molar-refractivity contribution in [2.24, 2.45) is 0 Å². The van der Waals surface area contributed by atoms with Crippen molar-refractivity contribution in [1.29, 1.82) is 0 Å². The predicted molar refractivity (Wildman–Crippen MR) is 66.5 cm³/mol. The molecule has 1 saturated heterocycles. The van der Waals surface area contributed by atoms with Crippen molar-refractivity contribution < 1.29 is 14.7 Å². The summed E-state index contributed by atoms with van der Waals surface area (Å²) in [6.45, 7) is 3.34. The van der Waals surface area contributed by atoms with Crippen molar-refractivity contribution in [2.45, 2.75) is 38.6 Å². The summed E-state index contributed by atoms with van der Waals surface area (Å²) in [5, 5.41) is 16.3. The molecule has 0 aromatic carbocycles. The van der Waals surface area contributed by atoms with E-state index in [4.69, 9.17) is 5.11 Å². The minimum absolute atomic E-state index is 0.0199. The fourth-order valence-corrected chi connectivity index (χ4v) is 2.23. The molecule has 104 valence electrons. The molecule has 0 aliphatic carbocycles. The molecule has 0 radical (unpaired) electrons. The highest BCUT2D eigenvalue weighted by Crippen LogP contribution is 2.15. The van der Waals surface area contributed by atoms with Gasteiger partial charge in [0.2, 0.25) is 5.91 Å². The van der Waals surface area contributed by atoms with Gasteiger partial charge in [0.25, 0.3) is 0 Å². The second-order valence-corrected chi connectivity index (χ2v) is 4.82.